The van der Waals surface area contributed by atoms with Crippen LogP contribution in [0.15, 0.2) is 24.3 Å². The van der Waals surface area contributed by atoms with E-state index in [2.05, 4.69) is 5.32 Å². The summed E-state index contributed by atoms with van der Waals surface area (Å²) >= 11 is 0. The van der Waals surface area contributed by atoms with Gasteiger partial charge in [0.1, 0.15) is 6.10 Å². The van der Waals surface area contributed by atoms with Crippen LogP contribution in [0.2, 0.25) is 0 Å². The second kappa shape index (κ2) is 8.09. The van der Waals surface area contributed by atoms with Crippen molar-refractivity contribution < 1.29 is 24.2 Å². The van der Waals surface area contributed by atoms with E-state index in [0.717, 1.165) is 38.5 Å². The molecule has 1 saturated carbocycles. The van der Waals surface area contributed by atoms with E-state index >= 15 is 0 Å². The molecule has 1 aromatic rings. The Kier molecular flexibility index (Phi) is 5.55. The standard InChI is InChI=1S/C21H28N2O5/c24-17-13-21(27-14-17)9-11-23(12-10-21)20(26)22-16-7-5-15(6-8-16)19(25)28-18-3-1-2-4-18/h5-8,17-18,24H,1-4,9-14H2,(H,22,26)/t17-/m0/s1. The molecular weight excluding hydrogens is 360 g/mol. The van der Waals surface area contributed by atoms with Crippen LogP contribution in [-0.4, -0.2) is 59.5 Å². The van der Waals surface area contributed by atoms with E-state index in [0.29, 0.717) is 37.4 Å². The minimum Gasteiger partial charge on any atom is -0.459 e. The smallest absolute Gasteiger partial charge is 0.338 e. The predicted molar refractivity (Wildman–Crippen MR) is 103 cm³/mol. The Hall–Kier alpha value is -2.12. The normalized spacial score (nSPS) is 24.5. The van der Waals surface area contributed by atoms with E-state index in [4.69, 9.17) is 9.47 Å². The first-order valence-corrected chi connectivity index (χ1v) is 10.2. The highest BCUT2D eigenvalue weighted by Crippen LogP contribution is 2.36. The van der Waals surface area contributed by atoms with Crippen LogP contribution in [0.25, 0.3) is 0 Å². The van der Waals surface area contributed by atoms with Crippen molar-refractivity contribution in [1.82, 2.24) is 4.90 Å². The molecule has 7 nitrogen and oxygen atoms in total. The highest BCUT2D eigenvalue weighted by Gasteiger charge is 2.42. The Balaban J connectivity index is 1.27. The summed E-state index contributed by atoms with van der Waals surface area (Å²) in [7, 11) is 0. The zero-order valence-corrected chi connectivity index (χ0v) is 16.1. The number of hydrogen-bond acceptors (Lipinski definition) is 5. The number of carbonyl (C=O) groups is 2. The average molecular weight is 388 g/mol. The average Bonchev–Trinajstić information content (AvgIpc) is 3.33. The molecule has 28 heavy (non-hydrogen) atoms. The number of aliphatic hydroxyl groups is 1. The second-order valence-electron chi connectivity index (χ2n) is 8.16. The van der Waals surface area contributed by atoms with Gasteiger partial charge < -0.3 is 24.8 Å². The summed E-state index contributed by atoms with van der Waals surface area (Å²) < 4.78 is 11.3. The first-order valence-electron chi connectivity index (χ1n) is 10.2. The number of hydrogen-bond donors (Lipinski definition) is 2. The highest BCUT2D eigenvalue weighted by molar-refractivity contribution is 5.92. The maximum Gasteiger partial charge on any atom is 0.338 e. The molecule has 0 radical (unpaired) electrons. The Morgan fingerprint density at radius 1 is 1.14 bits per heavy atom. The number of rotatable bonds is 3. The van der Waals surface area contributed by atoms with Crippen molar-refractivity contribution in [1.29, 1.82) is 0 Å². The third-order valence-electron chi connectivity index (χ3n) is 6.10. The molecule has 1 spiro atoms. The summed E-state index contributed by atoms with van der Waals surface area (Å²) in [6.07, 6.45) is 5.91. The molecule has 2 amide bonds. The van der Waals surface area contributed by atoms with Crippen molar-refractivity contribution in [2.24, 2.45) is 0 Å². The number of likely N-dealkylation sites (tertiary alicyclic amines) is 1. The monoisotopic (exact) mass is 388 g/mol. The van der Waals surface area contributed by atoms with Gasteiger partial charge in [-0.3, -0.25) is 0 Å². The molecule has 3 fully saturated rings. The second-order valence-corrected chi connectivity index (χ2v) is 8.16. The number of aliphatic hydroxyl groups excluding tert-OH is 1. The van der Waals surface area contributed by atoms with Crippen molar-refractivity contribution in [3.8, 4) is 0 Å². The van der Waals surface area contributed by atoms with Gasteiger partial charge in [-0.05, 0) is 62.8 Å². The zero-order chi connectivity index (χ0) is 19.6. The number of benzene rings is 1. The largest absolute Gasteiger partial charge is 0.459 e. The van der Waals surface area contributed by atoms with Crippen LogP contribution in [0.3, 0.4) is 0 Å². The van der Waals surface area contributed by atoms with E-state index in [1.54, 1.807) is 29.2 Å². The quantitative estimate of drug-likeness (QED) is 0.778. The van der Waals surface area contributed by atoms with Gasteiger partial charge in [0.15, 0.2) is 0 Å². The van der Waals surface area contributed by atoms with E-state index in [1.165, 1.54) is 0 Å². The molecule has 4 rings (SSSR count). The van der Waals surface area contributed by atoms with Crippen LogP contribution in [0.5, 0.6) is 0 Å². The van der Waals surface area contributed by atoms with Crippen LogP contribution in [-0.2, 0) is 9.47 Å². The molecule has 3 aliphatic rings. The molecule has 0 bridgehead atoms. The molecule has 1 aliphatic carbocycles. The van der Waals surface area contributed by atoms with E-state index in [1.807, 2.05) is 0 Å². The number of amides is 2. The summed E-state index contributed by atoms with van der Waals surface area (Å²) in [6.45, 7) is 1.59. The first kappa shape index (κ1) is 19.2. The minimum atomic E-state index is -0.390. The molecule has 0 aromatic heterocycles. The first-order chi connectivity index (χ1) is 13.5. The third kappa shape index (κ3) is 4.31. The third-order valence-corrected chi connectivity index (χ3v) is 6.10. The highest BCUT2D eigenvalue weighted by atomic mass is 16.5. The van der Waals surface area contributed by atoms with Gasteiger partial charge >= 0.3 is 12.0 Å². The number of anilines is 1. The van der Waals surface area contributed by atoms with E-state index in [9.17, 15) is 14.7 Å². The number of urea groups is 1. The molecule has 7 heteroatoms. The topological polar surface area (TPSA) is 88.1 Å². The summed E-state index contributed by atoms with van der Waals surface area (Å²) in [5.41, 5.74) is 0.884. The molecule has 2 aliphatic heterocycles. The molecule has 152 valence electrons. The molecule has 1 aromatic carbocycles. The van der Waals surface area contributed by atoms with Gasteiger partial charge in [0.05, 0.1) is 23.9 Å². The molecule has 2 heterocycles. The van der Waals surface area contributed by atoms with Gasteiger partial charge in [-0.1, -0.05) is 0 Å². The lowest BCUT2D eigenvalue weighted by molar-refractivity contribution is -0.0365. The molecule has 1 atom stereocenters. The number of nitrogens with zero attached hydrogens (tertiary/aromatic N) is 1. The van der Waals surface area contributed by atoms with Gasteiger partial charge in [-0.2, -0.15) is 0 Å². The molecule has 2 N–H and O–H groups in total. The molecule has 0 unspecified atom stereocenters. The van der Waals surface area contributed by atoms with Crippen LogP contribution in [0, 0.1) is 0 Å². The Morgan fingerprint density at radius 3 is 2.43 bits per heavy atom. The van der Waals surface area contributed by atoms with Crippen molar-refractivity contribution in [2.75, 3.05) is 25.0 Å². The molecule has 2 saturated heterocycles. The number of esters is 1. The number of nitrogens with one attached hydrogen (secondary N) is 1. The fourth-order valence-corrected chi connectivity index (χ4v) is 4.40. The van der Waals surface area contributed by atoms with Crippen LogP contribution in [0.1, 0.15) is 55.3 Å². The van der Waals surface area contributed by atoms with E-state index in [-0.39, 0.29) is 29.8 Å². The number of carbonyl (C=O) groups excluding carboxylic acids is 2. The van der Waals surface area contributed by atoms with Crippen LogP contribution >= 0.6 is 0 Å². The summed E-state index contributed by atoms with van der Waals surface area (Å²) in [5.74, 6) is -0.301. The van der Waals surface area contributed by atoms with Gasteiger partial charge in [0.25, 0.3) is 0 Å². The Labute approximate surface area is 165 Å². The lowest BCUT2D eigenvalue weighted by atomic mass is 9.88. The van der Waals surface area contributed by atoms with Gasteiger partial charge in [-0.25, -0.2) is 9.59 Å². The summed E-state index contributed by atoms with van der Waals surface area (Å²) in [5, 5.41) is 12.6. The SMILES string of the molecule is O=C(OC1CCCC1)c1ccc(NC(=O)N2CCC3(CC2)C[C@H](O)CO3)cc1. The number of ether oxygens (including phenoxy) is 2. The Morgan fingerprint density at radius 2 is 1.82 bits per heavy atom. The van der Waals surface area contributed by atoms with Crippen molar-refractivity contribution >= 4 is 17.7 Å². The number of piperidine rings is 1. The predicted octanol–water partition coefficient (Wildman–Crippen LogP) is 2.93. The van der Waals surface area contributed by atoms with Crippen molar-refractivity contribution in [3.63, 3.8) is 0 Å². The van der Waals surface area contributed by atoms with Crippen LogP contribution < -0.4 is 5.32 Å². The fourth-order valence-electron chi connectivity index (χ4n) is 4.40. The summed E-state index contributed by atoms with van der Waals surface area (Å²) in [4.78, 5) is 26.5. The van der Waals surface area contributed by atoms with Gasteiger partial charge in [-0.15, -0.1) is 0 Å². The van der Waals surface area contributed by atoms with E-state index < -0.39 is 0 Å². The fraction of sp³-hybridized carbons (Fsp3) is 0.619. The van der Waals surface area contributed by atoms with Gasteiger partial charge in [0, 0.05) is 25.2 Å². The lowest BCUT2D eigenvalue weighted by Gasteiger charge is -2.38. The zero-order valence-electron chi connectivity index (χ0n) is 16.1. The maximum atomic E-state index is 12.5. The lowest BCUT2D eigenvalue weighted by Crippen LogP contribution is -2.47. The molecular formula is C21H28N2O5. The Bertz CT molecular complexity index is 706. The minimum absolute atomic E-state index is 0.0410. The summed E-state index contributed by atoms with van der Waals surface area (Å²) in [6, 6.07) is 6.67. The van der Waals surface area contributed by atoms with Crippen molar-refractivity contribution in [3.05, 3.63) is 29.8 Å². The van der Waals surface area contributed by atoms with Crippen molar-refractivity contribution in [2.45, 2.75) is 62.8 Å². The van der Waals surface area contributed by atoms with Crippen LogP contribution in [0.4, 0.5) is 10.5 Å². The van der Waals surface area contributed by atoms with Gasteiger partial charge in [0.2, 0.25) is 0 Å². The maximum absolute atomic E-state index is 12.5.